The highest BCUT2D eigenvalue weighted by Gasteiger charge is 2.20. The molecule has 0 saturated heterocycles. The van der Waals surface area contributed by atoms with E-state index in [1.165, 1.54) is 51.4 Å². The minimum absolute atomic E-state index is 0.260. The van der Waals surface area contributed by atoms with Crippen LogP contribution in [0, 0.1) is 3.95 Å². The Bertz CT molecular complexity index is 2120. The number of fused-ring (bicyclic) bond motifs is 2. The van der Waals surface area contributed by atoms with Gasteiger partial charge in [0.25, 0.3) is 11.1 Å². The smallest absolute Gasteiger partial charge is 0.278 e. The number of nitrogens with zero attached hydrogens (tertiary/aromatic N) is 5. The molecule has 0 saturated carbocycles. The van der Waals surface area contributed by atoms with Crippen molar-refractivity contribution < 1.29 is 9.47 Å². The Kier molecular flexibility index (Phi) is 7.39. The van der Waals surface area contributed by atoms with Crippen LogP contribution in [0.2, 0.25) is 5.02 Å². The first-order valence-electron chi connectivity index (χ1n) is 12.1. The molecule has 0 unspecified atom stereocenters. The lowest BCUT2D eigenvalue weighted by atomic mass is 10.2. The minimum atomic E-state index is -0.281. The van der Waals surface area contributed by atoms with Gasteiger partial charge in [-0.25, -0.2) is 9.97 Å². The second kappa shape index (κ2) is 11.1. The van der Waals surface area contributed by atoms with Gasteiger partial charge in [-0.3, -0.25) is 23.1 Å². The van der Waals surface area contributed by atoms with Gasteiger partial charge in [0.05, 0.1) is 30.6 Å². The van der Waals surface area contributed by atoms with Crippen molar-refractivity contribution in [1.82, 2.24) is 23.5 Å². The number of methoxy groups -OCH3 is 2. The highest BCUT2D eigenvalue weighted by molar-refractivity contribution is 7.98. The van der Waals surface area contributed by atoms with Gasteiger partial charge in [0.2, 0.25) is 0 Å². The number of ether oxygens (including phenoxy) is 2. The van der Waals surface area contributed by atoms with E-state index < -0.39 is 0 Å². The molecular formula is C28H20ClN5O4S3. The van der Waals surface area contributed by atoms with E-state index in [4.69, 9.17) is 38.3 Å². The SMILES string of the molecule is COc1ccc(-n2c(SCc3cc(=O)n4cc(Cl)ccc4n3)nc3c(sc(=S)n3-c3ccccc3)c2=O)cc1OC. The predicted molar refractivity (Wildman–Crippen MR) is 165 cm³/mol. The summed E-state index contributed by atoms with van der Waals surface area (Å²) in [4.78, 5) is 36.4. The van der Waals surface area contributed by atoms with Gasteiger partial charge >= 0.3 is 0 Å². The number of aromatic nitrogens is 5. The molecule has 0 fully saturated rings. The van der Waals surface area contributed by atoms with Crippen molar-refractivity contribution in [3.63, 3.8) is 0 Å². The number of hydrogen-bond acceptors (Lipinski definition) is 9. The molecule has 0 radical (unpaired) electrons. The summed E-state index contributed by atoms with van der Waals surface area (Å²) in [6, 6.07) is 19.6. The van der Waals surface area contributed by atoms with Crippen LogP contribution in [-0.4, -0.2) is 37.7 Å². The first-order valence-corrected chi connectivity index (χ1v) is 14.7. The fourth-order valence-electron chi connectivity index (χ4n) is 4.37. The Morgan fingerprint density at radius 2 is 1.71 bits per heavy atom. The average Bonchev–Trinajstić information content (AvgIpc) is 3.32. The maximum absolute atomic E-state index is 14.1. The maximum Gasteiger partial charge on any atom is 0.278 e. The lowest BCUT2D eigenvalue weighted by molar-refractivity contribution is 0.354. The third-order valence-corrected chi connectivity index (χ3v) is 8.79. The molecule has 0 bridgehead atoms. The van der Waals surface area contributed by atoms with Gasteiger partial charge in [-0.1, -0.05) is 52.9 Å². The van der Waals surface area contributed by atoms with Crippen LogP contribution in [0.4, 0.5) is 0 Å². The third-order valence-electron chi connectivity index (χ3n) is 6.24. The van der Waals surface area contributed by atoms with Crippen molar-refractivity contribution in [2.24, 2.45) is 0 Å². The van der Waals surface area contributed by atoms with Gasteiger partial charge in [0, 0.05) is 29.8 Å². The van der Waals surface area contributed by atoms with Crippen LogP contribution in [0.15, 0.2) is 87.7 Å². The number of hydrogen-bond donors (Lipinski definition) is 0. The molecule has 4 aromatic heterocycles. The Morgan fingerprint density at radius 1 is 0.927 bits per heavy atom. The standard InChI is InChI=1S/C28H20ClN5O4S3/c1-37-20-10-9-19(13-21(20)38-2)34-26(36)24-25(33(28(39)41-24)18-6-4-3-5-7-18)31-27(34)40-15-17-12-23(35)32-14-16(29)8-11-22(32)30-17/h3-14H,15H2,1-2H3. The summed E-state index contributed by atoms with van der Waals surface area (Å²) in [5.74, 6) is 1.26. The van der Waals surface area contributed by atoms with E-state index in [0.717, 1.165) is 5.69 Å². The number of halogens is 1. The van der Waals surface area contributed by atoms with Crippen molar-refractivity contribution in [3.05, 3.63) is 108 Å². The molecule has 0 N–H and O–H groups in total. The maximum atomic E-state index is 14.1. The molecular weight excluding hydrogens is 602 g/mol. The number of benzene rings is 2. The Balaban J connectivity index is 1.53. The zero-order chi connectivity index (χ0) is 28.7. The van der Waals surface area contributed by atoms with E-state index in [1.54, 1.807) is 42.0 Å². The summed E-state index contributed by atoms with van der Waals surface area (Å²) in [6.07, 6.45) is 1.53. The van der Waals surface area contributed by atoms with Crippen LogP contribution in [-0.2, 0) is 5.75 Å². The monoisotopic (exact) mass is 621 g/mol. The van der Waals surface area contributed by atoms with E-state index in [0.29, 0.717) is 53.0 Å². The molecule has 0 aliphatic carbocycles. The average molecular weight is 622 g/mol. The fraction of sp³-hybridized carbons (Fsp3) is 0.107. The van der Waals surface area contributed by atoms with Crippen molar-refractivity contribution in [2.75, 3.05) is 14.2 Å². The van der Waals surface area contributed by atoms with Crippen LogP contribution >= 0.6 is 46.9 Å². The molecule has 0 spiro atoms. The topological polar surface area (TPSA) is 92.6 Å². The van der Waals surface area contributed by atoms with Gasteiger partial charge in [-0.05, 0) is 48.6 Å². The van der Waals surface area contributed by atoms with Gasteiger partial charge in [0.15, 0.2) is 26.3 Å². The van der Waals surface area contributed by atoms with Crippen LogP contribution in [0.1, 0.15) is 5.69 Å². The molecule has 0 amide bonds. The summed E-state index contributed by atoms with van der Waals surface area (Å²) in [5, 5.41) is 0.828. The van der Waals surface area contributed by atoms with E-state index >= 15 is 0 Å². The summed E-state index contributed by atoms with van der Waals surface area (Å²) >= 11 is 14.2. The third kappa shape index (κ3) is 5.04. The lowest BCUT2D eigenvalue weighted by Gasteiger charge is -2.15. The predicted octanol–water partition coefficient (Wildman–Crippen LogP) is 5.94. The Labute approximate surface area is 251 Å². The largest absolute Gasteiger partial charge is 0.493 e. The van der Waals surface area contributed by atoms with Crippen LogP contribution < -0.4 is 20.6 Å². The molecule has 206 valence electrons. The lowest BCUT2D eigenvalue weighted by Crippen LogP contribution is -2.22. The second-order valence-corrected chi connectivity index (χ2v) is 11.7. The first-order chi connectivity index (χ1) is 19.9. The Morgan fingerprint density at radius 3 is 2.46 bits per heavy atom. The van der Waals surface area contributed by atoms with Crippen molar-refractivity contribution >= 4 is 62.9 Å². The molecule has 6 rings (SSSR count). The quantitative estimate of drug-likeness (QED) is 0.123. The molecule has 4 heterocycles. The minimum Gasteiger partial charge on any atom is -0.493 e. The number of thioether (sulfide) groups is 1. The second-order valence-electron chi connectivity index (χ2n) is 8.72. The molecule has 0 aliphatic heterocycles. The molecule has 6 aromatic rings. The molecule has 9 nitrogen and oxygen atoms in total. The summed E-state index contributed by atoms with van der Waals surface area (Å²) in [5.41, 5.74) is 2.25. The Hall–Kier alpha value is -3.97. The highest BCUT2D eigenvalue weighted by Crippen LogP contribution is 2.32. The summed E-state index contributed by atoms with van der Waals surface area (Å²) < 4.78 is 16.5. The fourth-order valence-corrected chi connectivity index (χ4v) is 6.73. The van der Waals surface area contributed by atoms with Gasteiger partial charge in [-0.2, -0.15) is 0 Å². The van der Waals surface area contributed by atoms with Gasteiger partial charge in [-0.15, -0.1) is 0 Å². The van der Waals surface area contributed by atoms with Crippen LogP contribution in [0.25, 0.3) is 27.4 Å². The molecule has 13 heteroatoms. The van der Waals surface area contributed by atoms with E-state index in [9.17, 15) is 9.59 Å². The zero-order valence-corrected chi connectivity index (χ0v) is 24.8. The molecule has 0 atom stereocenters. The first kappa shape index (κ1) is 27.2. The molecule has 2 aromatic carbocycles. The van der Waals surface area contributed by atoms with E-state index in [1.807, 2.05) is 30.3 Å². The number of thiazole rings is 1. The summed E-state index contributed by atoms with van der Waals surface area (Å²) in [6.45, 7) is 0. The molecule has 41 heavy (non-hydrogen) atoms. The normalized spacial score (nSPS) is 11.3. The van der Waals surface area contributed by atoms with E-state index in [2.05, 4.69) is 4.98 Å². The molecule has 0 aliphatic rings. The van der Waals surface area contributed by atoms with Gasteiger partial charge in [0.1, 0.15) is 10.3 Å². The summed E-state index contributed by atoms with van der Waals surface area (Å²) in [7, 11) is 3.08. The zero-order valence-electron chi connectivity index (χ0n) is 21.6. The highest BCUT2D eigenvalue weighted by atomic mass is 35.5. The number of para-hydroxylation sites is 1. The van der Waals surface area contributed by atoms with Crippen molar-refractivity contribution in [1.29, 1.82) is 0 Å². The van der Waals surface area contributed by atoms with Crippen molar-refractivity contribution in [3.8, 4) is 22.9 Å². The van der Waals surface area contributed by atoms with Crippen LogP contribution in [0.5, 0.6) is 11.5 Å². The number of pyridine rings is 1. The van der Waals surface area contributed by atoms with Crippen LogP contribution in [0.3, 0.4) is 0 Å². The number of rotatable bonds is 7. The van der Waals surface area contributed by atoms with Crippen molar-refractivity contribution in [2.45, 2.75) is 10.9 Å². The van der Waals surface area contributed by atoms with Gasteiger partial charge < -0.3 is 9.47 Å². The van der Waals surface area contributed by atoms with E-state index in [-0.39, 0.29) is 16.9 Å².